The van der Waals surface area contributed by atoms with Crippen molar-refractivity contribution in [2.45, 2.75) is 6.92 Å². The van der Waals surface area contributed by atoms with Crippen LogP contribution in [0.1, 0.15) is 5.56 Å². The van der Waals surface area contributed by atoms with Gasteiger partial charge in [-0.05, 0) is 23.6 Å². The van der Waals surface area contributed by atoms with Gasteiger partial charge in [-0.2, -0.15) is 5.10 Å². The molecular weight excluding hydrogens is 220 g/mol. The molecule has 0 saturated carbocycles. The first-order chi connectivity index (χ1) is 8.86. The molecule has 0 saturated heterocycles. The summed E-state index contributed by atoms with van der Waals surface area (Å²) in [6, 6.07) is 18.8. The third kappa shape index (κ3) is 1.82. The molecule has 0 atom stereocenters. The van der Waals surface area contributed by atoms with Crippen LogP contribution in [-0.4, -0.2) is 10.2 Å². The largest absolute Gasteiger partial charge is 0.278 e. The molecule has 0 radical (unpaired) electrons. The summed E-state index contributed by atoms with van der Waals surface area (Å²) in [6.45, 7) is 2.07. The highest BCUT2D eigenvalue weighted by atomic mass is 15.1. The first kappa shape index (κ1) is 10.8. The molecule has 0 aliphatic carbocycles. The van der Waals surface area contributed by atoms with Crippen molar-refractivity contribution in [3.8, 4) is 22.4 Å². The molecule has 88 valence electrons. The Labute approximate surface area is 106 Å². The van der Waals surface area contributed by atoms with Crippen LogP contribution in [0.5, 0.6) is 0 Å². The van der Waals surface area contributed by atoms with Crippen molar-refractivity contribution in [3.63, 3.8) is 0 Å². The Hall–Kier alpha value is -2.35. The number of nitrogens with one attached hydrogen (secondary N) is 1. The van der Waals surface area contributed by atoms with E-state index in [-0.39, 0.29) is 0 Å². The zero-order valence-corrected chi connectivity index (χ0v) is 10.2. The van der Waals surface area contributed by atoms with E-state index in [0.29, 0.717) is 0 Å². The second-order valence-electron chi connectivity index (χ2n) is 4.34. The number of benzene rings is 2. The predicted molar refractivity (Wildman–Crippen MR) is 74.2 cm³/mol. The molecule has 0 unspecified atom stereocenters. The van der Waals surface area contributed by atoms with Crippen molar-refractivity contribution < 1.29 is 0 Å². The van der Waals surface area contributed by atoms with Crippen molar-refractivity contribution >= 4 is 0 Å². The van der Waals surface area contributed by atoms with Crippen LogP contribution in [-0.2, 0) is 0 Å². The smallest absolute Gasteiger partial charge is 0.0685 e. The number of nitrogens with zero attached hydrogens (tertiary/aromatic N) is 1. The summed E-state index contributed by atoms with van der Waals surface area (Å²) in [5.74, 6) is 0. The van der Waals surface area contributed by atoms with Crippen LogP contribution in [0, 0.1) is 6.92 Å². The summed E-state index contributed by atoms with van der Waals surface area (Å²) in [5, 5.41) is 7.19. The van der Waals surface area contributed by atoms with E-state index >= 15 is 0 Å². The summed E-state index contributed by atoms with van der Waals surface area (Å²) in [5.41, 5.74) is 5.90. The maximum absolute atomic E-state index is 4.11. The van der Waals surface area contributed by atoms with Gasteiger partial charge in [-0.3, -0.25) is 5.10 Å². The summed E-state index contributed by atoms with van der Waals surface area (Å²) in [7, 11) is 0. The number of aromatic amines is 1. The minimum absolute atomic E-state index is 1.09. The highest BCUT2D eigenvalue weighted by Crippen LogP contribution is 2.31. The van der Waals surface area contributed by atoms with Gasteiger partial charge in [0, 0.05) is 5.56 Å². The maximum Gasteiger partial charge on any atom is 0.0685 e. The molecule has 0 aliphatic rings. The first-order valence-electron chi connectivity index (χ1n) is 6.01. The van der Waals surface area contributed by atoms with Gasteiger partial charge in [0.2, 0.25) is 0 Å². The Balaban J connectivity index is 2.21. The average molecular weight is 234 g/mol. The molecule has 1 aromatic heterocycles. The van der Waals surface area contributed by atoms with Gasteiger partial charge in [-0.25, -0.2) is 0 Å². The van der Waals surface area contributed by atoms with Crippen LogP contribution in [0.25, 0.3) is 22.4 Å². The van der Waals surface area contributed by atoms with E-state index in [1.54, 1.807) is 0 Å². The highest BCUT2D eigenvalue weighted by molar-refractivity contribution is 5.82. The van der Waals surface area contributed by atoms with E-state index in [0.717, 1.165) is 5.69 Å². The fourth-order valence-corrected chi connectivity index (χ4v) is 2.19. The summed E-state index contributed by atoms with van der Waals surface area (Å²) in [6.07, 6.45) is 1.86. The molecule has 0 aliphatic heterocycles. The normalized spacial score (nSPS) is 10.5. The minimum atomic E-state index is 1.09. The fourth-order valence-electron chi connectivity index (χ4n) is 2.19. The van der Waals surface area contributed by atoms with Crippen molar-refractivity contribution in [1.82, 2.24) is 10.2 Å². The molecular formula is C16H14N2. The Kier molecular flexibility index (Phi) is 2.69. The van der Waals surface area contributed by atoms with Crippen LogP contribution in [0.2, 0.25) is 0 Å². The standard InChI is InChI=1S/C16H14N2/c1-12-11-17-18-16(12)15-10-6-5-9-14(15)13-7-3-2-4-8-13/h2-11H,1H3,(H,17,18). The lowest BCUT2D eigenvalue weighted by molar-refractivity contribution is 1.10. The van der Waals surface area contributed by atoms with Gasteiger partial charge in [0.15, 0.2) is 0 Å². The topological polar surface area (TPSA) is 28.7 Å². The Morgan fingerprint density at radius 2 is 1.50 bits per heavy atom. The van der Waals surface area contributed by atoms with Crippen molar-refractivity contribution in [2.24, 2.45) is 0 Å². The molecule has 1 heterocycles. The summed E-state index contributed by atoms with van der Waals surface area (Å²) < 4.78 is 0. The number of rotatable bonds is 2. The SMILES string of the molecule is Cc1cn[nH]c1-c1ccccc1-c1ccccc1. The lowest BCUT2D eigenvalue weighted by Crippen LogP contribution is -1.86. The van der Waals surface area contributed by atoms with Gasteiger partial charge in [-0.15, -0.1) is 0 Å². The number of hydrogen-bond acceptors (Lipinski definition) is 1. The average Bonchev–Trinajstić information content (AvgIpc) is 2.86. The molecule has 2 heteroatoms. The van der Waals surface area contributed by atoms with Crippen molar-refractivity contribution in [2.75, 3.05) is 0 Å². The molecule has 2 aromatic carbocycles. The number of aryl methyl sites for hydroxylation is 1. The van der Waals surface area contributed by atoms with Crippen molar-refractivity contribution in [1.29, 1.82) is 0 Å². The lowest BCUT2D eigenvalue weighted by atomic mass is 9.96. The predicted octanol–water partition coefficient (Wildman–Crippen LogP) is 4.05. The van der Waals surface area contributed by atoms with Crippen LogP contribution in [0.3, 0.4) is 0 Å². The van der Waals surface area contributed by atoms with E-state index in [4.69, 9.17) is 0 Å². The van der Waals surface area contributed by atoms with Gasteiger partial charge in [0.05, 0.1) is 11.9 Å². The second kappa shape index (κ2) is 4.49. The Bertz CT molecular complexity index is 654. The van der Waals surface area contributed by atoms with E-state index in [9.17, 15) is 0 Å². The van der Waals surface area contributed by atoms with E-state index in [1.807, 2.05) is 12.3 Å². The Morgan fingerprint density at radius 3 is 2.17 bits per heavy atom. The van der Waals surface area contributed by atoms with E-state index < -0.39 is 0 Å². The van der Waals surface area contributed by atoms with E-state index in [2.05, 4.69) is 65.7 Å². The van der Waals surface area contributed by atoms with Crippen LogP contribution < -0.4 is 0 Å². The zero-order chi connectivity index (χ0) is 12.4. The van der Waals surface area contributed by atoms with Gasteiger partial charge in [-0.1, -0.05) is 54.6 Å². The quantitative estimate of drug-likeness (QED) is 0.712. The lowest BCUT2D eigenvalue weighted by Gasteiger charge is -2.08. The van der Waals surface area contributed by atoms with Gasteiger partial charge in [0.1, 0.15) is 0 Å². The molecule has 18 heavy (non-hydrogen) atoms. The molecule has 0 fully saturated rings. The second-order valence-corrected chi connectivity index (χ2v) is 4.34. The molecule has 3 aromatic rings. The first-order valence-corrected chi connectivity index (χ1v) is 6.01. The molecule has 3 rings (SSSR count). The summed E-state index contributed by atoms with van der Waals surface area (Å²) >= 11 is 0. The Morgan fingerprint density at radius 1 is 0.833 bits per heavy atom. The number of aromatic nitrogens is 2. The molecule has 0 amide bonds. The van der Waals surface area contributed by atoms with Crippen molar-refractivity contribution in [3.05, 3.63) is 66.4 Å². The van der Waals surface area contributed by atoms with Crippen LogP contribution in [0.4, 0.5) is 0 Å². The fraction of sp³-hybridized carbons (Fsp3) is 0.0625. The third-order valence-electron chi connectivity index (χ3n) is 3.11. The maximum atomic E-state index is 4.11. The molecule has 1 N–H and O–H groups in total. The van der Waals surface area contributed by atoms with Crippen LogP contribution >= 0.6 is 0 Å². The summed E-state index contributed by atoms with van der Waals surface area (Å²) in [4.78, 5) is 0. The zero-order valence-electron chi connectivity index (χ0n) is 10.2. The third-order valence-corrected chi connectivity index (χ3v) is 3.11. The number of H-pyrrole nitrogens is 1. The van der Waals surface area contributed by atoms with E-state index in [1.165, 1.54) is 22.3 Å². The highest BCUT2D eigenvalue weighted by Gasteiger charge is 2.09. The van der Waals surface area contributed by atoms with Crippen LogP contribution in [0.15, 0.2) is 60.8 Å². The number of hydrogen-bond donors (Lipinski definition) is 1. The molecule has 0 bridgehead atoms. The monoisotopic (exact) mass is 234 g/mol. The van der Waals surface area contributed by atoms with Gasteiger partial charge in [0.25, 0.3) is 0 Å². The van der Waals surface area contributed by atoms with Gasteiger partial charge >= 0.3 is 0 Å². The van der Waals surface area contributed by atoms with Gasteiger partial charge < -0.3 is 0 Å². The molecule has 2 nitrogen and oxygen atoms in total. The minimum Gasteiger partial charge on any atom is -0.278 e. The molecule has 0 spiro atoms.